The van der Waals surface area contributed by atoms with E-state index in [1.807, 2.05) is 84.9 Å². The summed E-state index contributed by atoms with van der Waals surface area (Å²) in [6.07, 6.45) is 0. The van der Waals surface area contributed by atoms with Crippen molar-refractivity contribution < 1.29 is 8.42 Å². The maximum absolute atomic E-state index is 13.4. The molecule has 0 fully saturated rings. The summed E-state index contributed by atoms with van der Waals surface area (Å²) in [4.78, 5) is 0. The molecule has 0 spiro atoms. The molecule has 2 unspecified atom stereocenters. The van der Waals surface area contributed by atoms with E-state index in [1.165, 1.54) is 0 Å². The third kappa shape index (κ3) is 2.20. The molecule has 3 heteroatoms. The molecule has 3 aromatic rings. The van der Waals surface area contributed by atoms with Crippen LogP contribution in [0.15, 0.2) is 84.9 Å². The van der Waals surface area contributed by atoms with Crippen LogP contribution in [0.3, 0.4) is 0 Å². The Bertz CT molecular complexity index is 859. The molecule has 0 aromatic heterocycles. The third-order valence-corrected chi connectivity index (χ3v) is 6.79. The molecule has 2 atom stereocenters. The Hall–Kier alpha value is -2.39. The largest absolute Gasteiger partial charge is 0.227 e. The summed E-state index contributed by atoms with van der Waals surface area (Å²) in [7, 11) is -3.39. The lowest BCUT2D eigenvalue weighted by molar-refractivity contribution is 0.588. The van der Waals surface area contributed by atoms with Gasteiger partial charge in [-0.2, -0.15) is 0 Å². The van der Waals surface area contributed by atoms with Gasteiger partial charge >= 0.3 is 0 Å². The van der Waals surface area contributed by atoms with Gasteiger partial charge in [-0.3, -0.25) is 0 Å². The molecule has 0 aliphatic carbocycles. The van der Waals surface area contributed by atoms with Gasteiger partial charge in [0, 0.05) is 0 Å². The number of sulfone groups is 1. The summed E-state index contributed by atoms with van der Waals surface area (Å²) < 4.78 is 26.7. The molecule has 0 N–H and O–H groups in total. The summed E-state index contributed by atoms with van der Waals surface area (Å²) >= 11 is 0. The molecule has 0 saturated heterocycles. The second kappa shape index (κ2) is 5.36. The fourth-order valence-corrected chi connectivity index (χ4v) is 5.95. The zero-order valence-corrected chi connectivity index (χ0v) is 13.3. The number of fused-ring (bicyclic) bond motifs is 1. The molecule has 0 bridgehead atoms. The normalized spacial score (nSPS) is 21.7. The van der Waals surface area contributed by atoms with Gasteiger partial charge in [-0.15, -0.1) is 0 Å². The number of hydrogen-bond donors (Lipinski definition) is 0. The highest BCUT2D eigenvalue weighted by molar-refractivity contribution is 7.92. The summed E-state index contributed by atoms with van der Waals surface area (Å²) in [5, 5.41) is -1.18. The summed E-state index contributed by atoms with van der Waals surface area (Å²) in [6.45, 7) is 0. The van der Waals surface area contributed by atoms with Crippen molar-refractivity contribution in [1.29, 1.82) is 0 Å². The van der Waals surface area contributed by atoms with Gasteiger partial charge in [-0.1, -0.05) is 84.9 Å². The maximum atomic E-state index is 13.4. The van der Waals surface area contributed by atoms with Gasteiger partial charge in [0.1, 0.15) is 10.5 Å². The van der Waals surface area contributed by atoms with Crippen LogP contribution < -0.4 is 0 Å². The van der Waals surface area contributed by atoms with E-state index < -0.39 is 20.3 Å². The van der Waals surface area contributed by atoms with Crippen LogP contribution in [0.2, 0.25) is 0 Å². The van der Waals surface area contributed by atoms with Crippen molar-refractivity contribution >= 4 is 9.84 Å². The van der Waals surface area contributed by atoms with Crippen molar-refractivity contribution in [2.45, 2.75) is 10.5 Å². The first-order valence-corrected chi connectivity index (χ1v) is 9.22. The van der Waals surface area contributed by atoms with E-state index >= 15 is 0 Å². The van der Waals surface area contributed by atoms with Crippen molar-refractivity contribution in [3.8, 4) is 0 Å². The zero-order chi connectivity index (χ0) is 15.9. The van der Waals surface area contributed by atoms with E-state index in [1.54, 1.807) is 0 Å². The quantitative estimate of drug-likeness (QED) is 0.706. The lowest BCUT2D eigenvalue weighted by Gasteiger charge is -2.15. The van der Waals surface area contributed by atoms with Crippen LogP contribution in [0, 0.1) is 0 Å². The Morgan fingerprint density at radius 2 is 0.870 bits per heavy atom. The lowest BCUT2D eigenvalue weighted by atomic mass is 9.95. The standard InChI is InChI=1S/C20H16O2S/c21-23(22)19(15-9-3-1-4-10-15)17-13-7-8-14-18(17)20(23)16-11-5-2-6-12-16/h1-14,19-20H. The molecule has 1 heterocycles. The van der Waals surface area contributed by atoms with Crippen LogP contribution in [-0.2, 0) is 9.84 Å². The minimum Gasteiger partial charge on any atom is -0.227 e. The Labute approximate surface area is 136 Å². The van der Waals surface area contributed by atoms with Crippen molar-refractivity contribution in [2.75, 3.05) is 0 Å². The molecule has 0 radical (unpaired) electrons. The van der Waals surface area contributed by atoms with Gasteiger partial charge in [0.2, 0.25) is 0 Å². The van der Waals surface area contributed by atoms with Gasteiger partial charge in [0.05, 0.1) is 0 Å². The van der Waals surface area contributed by atoms with Crippen LogP contribution in [0.4, 0.5) is 0 Å². The number of benzene rings is 3. The van der Waals surface area contributed by atoms with E-state index in [4.69, 9.17) is 0 Å². The highest BCUT2D eigenvalue weighted by Crippen LogP contribution is 2.50. The Morgan fingerprint density at radius 1 is 0.522 bits per heavy atom. The van der Waals surface area contributed by atoms with E-state index in [0.29, 0.717) is 0 Å². The molecule has 3 aromatic carbocycles. The van der Waals surface area contributed by atoms with Crippen LogP contribution in [0.25, 0.3) is 0 Å². The monoisotopic (exact) mass is 320 g/mol. The lowest BCUT2D eigenvalue weighted by Crippen LogP contribution is -2.14. The van der Waals surface area contributed by atoms with Crippen LogP contribution >= 0.6 is 0 Å². The SMILES string of the molecule is O=S1(=O)C(c2ccccc2)c2ccccc2C1c1ccccc1. The van der Waals surface area contributed by atoms with E-state index in [0.717, 1.165) is 22.3 Å². The Morgan fingerprint density at radius 3 is 1.26 bits per heavy atom. The molecule has 4 rings (SSSR count). The predicted molar refractivity (Wildman–Crippen MR) is 91.9 cm³/mol. The summed E-state index contributed by atoms with van der Waals surface area (Å²) in [5.74, 6) is 0. The van der Waals surface area contributed by atoms with Gasteiger partial charge in [-0.05, 0) is 22.3 Å². The minimum atomic E-state index is -3.39. The molecule has 0 amide bonds. The molecule has 23 heavy (non-hydrogen) atoms. The molecule has 1 aliphatic heterocycles. The number of hydrogen-bond acceptors (Lipinski definition) is 2. The average Bonchev–Trinajstić information content (AvgIpc) is 2.82. The van der Waals surface area contributed by atoms with Crippen LogP contribution in [0.5, 0.6) is 0 Å². The van der Waals surface area contributed by atoms with Gasteiger partial charge in [0.15, 0.2) is 9.84 Å². The van der Waals surface area contributed by atoms with Crippen LogP contribution in [-0.4, -0.2) is 8.42 Å². The second-order valence-electron chi connectivity index (χ2n) is 5.80. The predicted octanol–water partition coefficient (Wildman–Crippen LogP) is 4.29. The minimum absolute atomic E-state index is 0.592. The fraction of sp³-hybridized carbons (Fsp3) is 0.100. The summed E-state index contributed by atoms with van der Waals surface area (Å²) in [5.41, 5.74) is 3.46. The Kier molecular flexibility index (Phi) is 3.31. The average molecular weight is 320 g/mol. The van der Waals surface area contributed by atoms with Gasteiger partial charge < -0.3 is 0 Å². The first-order valence-electron chi connectivity index (χ1n) is 7.61. The molecular weight excluding hydrogens is 304 g/mol. The van der Waals surface area contributed by atoms with E-state index in [9.17, 15) is 8.42 Å². The molecule has 0 saturated carbocycles. The maximum Gasteiger partial charge on any atom is 0.172 e. The van der Waals surface area contributed by atoms with Crippen LogP contribution in [0.1, 0.15) is 32.8 Å². The molecular formula is C20H16O2S. The van der Waals surface area contributed by atoms with Crippen molar-refractivity contribution in [1.82, 2.24) is 0 Å². The summed E-state index contributed by atoms with van der Waals surface area (Å²) in [6, 6.07) is 26.7. The third-order valence-electron chi connectivity index (χ3n) is 4.42. The molecule has 1 aliphatic rings. The molecule has 114 valence electrons. The fourth-order valence-electron chi connectivity index (χ4n) is 3.47. The van der Waals surface area contributed by atoms with E-state index in [-0.39, 0.29) is 0 Å². The highest BCUT2D eigenvalue weighted by Gasteiger charge is 2.46. The van der Waals surface area contributed by atoms with Gasteiger partial charge in [0.25, 0.3) is 0 Å². The van der Waals surface area contributed by atoms with Crippen molar-refractivity contribution in [3.63, 3.8) is 0 Å². The zero-order valence-electron chi connectivity index (χ0n) is 12.5. The first-order chi connectivity index (χ1) is 11.2. The van der Waals surface area contributed by atoms with Crippen molar-refractivity contribution in [2.24, 2.45) is 0 Å². The Balaban J connectivity index is 1.98. The highest BCUT2D eigenvalue weighted by atomic mass is 32.2. The first kappa shape index (κ1) is 14.2. The van der Waals surface area contributed by atoms with E-state index in [2.05, 4.69) is 0 Å². The smallest absolute Gasteiger partial charge is 0.172 e. The van der Waals surface area contributed by atoms with Gasteiger partial charge in [-0.25, -0.2) is 8.42 Å². The van der Waals surface area contributed by atoms with Crippen molar-refractivity contribution in [3.05, 3.63) is 107 Å². The number of rotatable bonds is 2. The molecule has 2 nitrogen and oxygen atoms in total. The topological polar surface area (TPSA) is 34.1 Å². The second-order valence-corrected chi connectivity index (χ2v) is 7.92.